The Morgan fingerprint density at radius 3 is 2.75 bits per heavy atom. The summed E-state index contributed by atoms with van der Waals surface area (Å²) in [6.45, 7) is 14.1. The molecule has 5 aromatic rings. The van der Waals surface area contributed by atoms with Crippen LogP contribution in [0.4, 0.5) is 0 Å². The average Bonchev–Trinajstić information content (AvgIpc) is 3.63. The van der Waals surface area contributed by atoms with Crippen LogP contribution < -0.4 is 5.32 Å². The number of aromatic amines is 2. The van der Waals surface area contributed by atoms with Crippen molar-refractivity contribution in [2.24, 2.45) is 0 Å². The lowest BCUT2D eigenvalue weighted by Gasteiger charge is -2.10. The summed E-state index contributed by atoms with van der Waals surface area (Å²) < 4.78 is 0. The van der Waals surface area contributed by atoms with Crippen LogP contribution in [-0.2, 0) is 0 Å². The van der Waals surface area contributed by atoms with Gasteiger partial charge >= 0.3 is 0 Å². The standard InChI is InChI=1S/C28H27N7S/c1-6-16(4)30-19(8-3)15-18(7-2)21-10-11-22-25(31-21)26(35-34-22)28-32-24-20(13-14-29-27(24)33-28)23-12-9-17(5)36-23/h7-15,30H,3-4,6H2,1-2,5H3,(H,34,35)(H,29,32,33)/b18-7+,19-15+. The van der Waals surface area contributed by atoms with Crippen molar-refractivity contribution < 1.29 is 0 Å². The molecule has 0 aliphatic carbocycles. The summed E-state index contributed by atoms with van der Waals surface area (Å²) in [5.41, 5.74) is 8.39. The zero-order chi connectivity index (χ0) is 25.2. The van der Waals surface area contributed by atoms with Gasteiger partial charge in [0.2, 0.25) is 0 Å². The fraction of sp³-hybridized carbons (Fsp3) is 0.143. The number of aryl methyl sites for hydroxylation is 1. The van der Waals surface area contributed by atoms with Gasteiger partial charge in [-0.1, -0.05) is 26.2 Å². The van der Waals surface area contributed by atoms with Crippen molar-refractivity contribution in [3.05, 3.63) is 89.9 Å². The Balaban J connectivity index is 1.57. The molecule has 0 radical (unpaired) electrons. The van der Waals surface area contributed by atoms with Crippen molar-refractivity contribution in [3.63, 3.8) is 0 Å². The minimum atomic E-state index is 0.624. The van der Waals surface area contributed by atoms with E-state index in [0.717, 1.165) is 51.2 Å². The first-order chi connectivity index (χ1) is 17.5. The lowest BCUT2D eigenvalue weighted by molar-refractivity contribution is 0.920. The lowest BCUT2D eigenvalue weighted by atomic mass is 10.1. The second kappa shape index (κ2) is 9.75. The molecule has 0 saturated heterocycles. The molecule has 5 rings (SSSR count). The first-order valence-corrected chi connectivity index (χ1v) is 12.5. The minimum Gasteiger partial charge on any atom is -0.359 e. The Hall–Kier alpha value is -4.30. The Bertz CT molecular complexity index is 1660. The summed E-state index contributed by atoms with van der Waals surface area (Å²) in [6, 6.07) is 10.2. The van der Waals surface area contributed by atoms with E-state index in [1.165, 1.54) is 9.75 Å². The monoisotopic (exact) mass is 493 g/mol. The normalized spacial score (nSPS) is 12.4. The molecule has 5 aromatic heterocycles. The van der Waals surface area contributed by atoms with Crippen LogP contribution in [0.15, 0.2) is 79.3 Å². The molecule has 0 unspecified atom stereocenters. The molecule has 0 bridgehead atoms. The fourth-order valence-corrected chi connectivity index (χ4v) is 4.84. The smallest absolute Gasteiger partial charge is 0.178 e. The molecule has 36 heavy (non-hydrogen) atoms. The van der Waals surface area contributed by atoms with E-state index in [9.17, 15) is 0 Å². The molecule has 0 aromatic carbocycles. The first kappa shape index (κ1) is 23.4. The van der Waals surface area contributed by atoms with Gasteiger partial charge in [0.25, 0.3) is 0 Å². The average molecular weight is 494 g/mol. The zero-order valence-electron chi connectivity index (χ0n) is 20.5. The lowest BCUT2D eigenvalue weighted by Crippen LogP contribution is -2.09. The third-order valence-corrected chi connectivity index (χ3v) is 6.95. The minimum absolute atomic E-state index is 0.624. The summed E-state index contributed by atoms with van der Waals surface area (Å²) in [4.78, 5) is 20.1. The van der Waals surface area contributed by atoms with Crippen LogP contribution in [0.2, 0.25) is 0 Å². The van der Waals surface area contributed by atoms with E-state index in [2.05, 4.69) is 64.6 Å². The number of rotatable bonds is 8. The summed E-state index contributed by atoms with van der Waals surface area (Å²) in [5.74, 6) is 0.624. The largest absolute Gasteiger partial charge is 0.359 e. The van der Waals surface area contributed by atoms with Gasteiger partial charge in [-0.25, -0.2) is 15.0 Å². The molecular weight excluding hydrogens is 466 g/mol. The van der Waals surface area contributed by atoms with Crippen LogP contribution >= 0.6 is 11.3 Å². The molecule has 0 spiro atoms. The van der Waals surface area contributed by atoms with Gasteiger partial charge in [0.05, 0.1) is 16.7 Å². The number of thiophene rings is 1. The van der Waals surface area contributed by atoms with Gasteiger partial charge in [-0.2, -0.15) is 5.10 Å². The van der Waals surface area contributed by atoms with E-state index in [1.807, 2.05) is 37.3 Å². The molecule has 0 aliphatic heterocycles. The molecular formula is C28H27N7S. The molecule has 0 aliphatic rings. The highest BCUT2D eigenvalue weighted by Gasteiger charge is 2.18. The predicted molar refractivity (Wildman–Crippen MR) is 149 cm³/mol. The van der Waals surface area contributed by atoms with Crippen LogP contribution in [0, 0.1) is 6.92 Å². The maximum Gasteiger partial charge on any atom is 0.178 e. The van der Waals surface area contributed by atoms with Gasteiger partial charge in [0.15, 0.2) is 17.2 Å². The van der Waals surface area contributed by atoms with Crippen molar-refractivity contribution in [1.82, 2.24) is 35.5 Å². The Morgan fingerprint density at radius 2 is 2.03 bits per heavy atom. The number of nitrogens with zero attached hydrogens (tertiary/aromatic N) is 4. The van der Waals surface area contributed by atoms with E-state index < -0.39 is 0 Å². The number of hydrogen-bond donors (Lipinski definition) is 3. The highest BCUT2D eigenvalue weighted by atomic mass is 32.1. The molecule has 8 heteroatoms. The van der Waals surface area contributed by atoms with Gasteiger partial charge < -0.3 is 10.3 Å². The topological polar surface area (TPSA) is 95.2 Å². The van der Waals surface area contributed by atoms with Crippen LogP contribution in [0.5, 0.6) is 0 Å². The molecule has 5 heterocycles. The molecule has 0 amide bonds. The van der Waals surface area contributed by atoms with Crippen LogP contribution in [0.3, 0.4) is 0 Å². The first-order valence-electron chi connectivity index (χ1n) is 11.7. The molecule has 0 saturated carbocycles. The number of pyridine rings is 2. The maximum absolute atomic E-state index is 4.95. The highest BCUT2D eigenvalue weighted by Crippen LogP contribution is 2.34. The third-order valence-electron chi connectivity index (χ3n) is 5.92. The quantitative estimate of drug-likeness (QED) is 0.204. The van der Waals surface area contributed by atoms with E-state index >= 15 is 0 Å². The predicted octanol–water partition coefficient (Wildman–Crippen LogP) is 6.92. The van der Waals surface area contributed by atoms with Gasteiger partial charge in [-0.05, 0) is 68.3 Å². The number of H-pyrrole nitrogens is 2. The van der Waals surface area contributed by atoms with Gasteiger partial charge in [-0.3, -0.25) is 5.10 Å². The van der Waals surface area contributed by atoms with Crippen LogP contribution in [0.1, 0.15) is 30.8 Å². The summed E-state index contributed by atoms with van der Waals surface area (Å²) >= 11 is 1.75. The Labute approximate surface area is 213 Å². The molecule has 3 N–H and O–H groups in total. The second-order valence-corrected chi connectivity index (χ2v) is 9.64. The highest BCUT2D eigenvalue weighted by molar-refractivity contribution is 7.15. The summed E-state index contributed by atoms with van der Waals surface area (Å²) in [6.07, 6.45) is 8.44. The maximum atomic E-state index is 4.95. The summed E-state index contributed by atoms with van der Waals surface area (Å²) in [7, 11) is 0. The number of imidazole rings is 1. The zero-order valence-corrected chi connectivity index (χ0v) is 21.3. The van der Waals surface area contributed by atoms with E-state index in [-0.39, 0.29) is 0 Å². The van der Waals surface area contributed by atoms with Gasteiger partial charge in [-0.15, -0.1) is 11.3 Å². The third kappa shape index (κ3) is 4.38. The van der Waals surface area contributed by atoms with Crippen molar-refractivity contribution in [1.29, 1.82) is 0 Å². The van der Waals surface area contributed by atoms with Gasteiger partial charge in [0.1, 0.15) is 5.52 Å². The Kier molecular flexibility index (Phi) is 6.35. The fourth-order valence-electron chi connectivity index (χ4n) is 3.94. The van der Waals surface area contributed by atoms with Gasteiger partial charge in [0, 0.05) is 32.9 Å². The van der Waals surface area contributed by atoms with Crippen molar-refractivity contribution in [2.45, 2.75) is 27.2 Å². The SMILES string of the molecule is C=C/C(=C\C(=C/C)c1ccc2[nH]nc(-c3nc4nccc(-c5ccc(C)s5)c4[nH]3)c2n1)NC(=C)CC. The number of fused-ring (bicyclic) bond motifs is 2. The van der Waals surface area contributed by atoms with Crippen LogP contribution in [-0.4, -0.2) is 30.1 Å². The molecule has 0 fully saturated rings. The van der Waals surface area contributed by atoms with E-state index in [1.54, 1.807) is 23.6 Å². The van der Waals surface area contributed by atoms with Crippen LogP contribution in [0.25, 0.3) is 49.7 Å². The molecule has 0 atom stereocenters. The molecule has 180 valence electrons. The second-order valence-electron chi connectivity index (χ2n) is 8.35. The summed E-state index contributed by atoms with van der Waals surface area (Å²) in [5, 5.41) is 10.9. The van der Waals surface area contributed by atoms with Crippen molar-refractivity contribution in [3.8, 4) is 22.0 Å². The molecule has 7 nitrogen and oxygen atoms in total. The van der Waals surface area contributed by atoms with Crippen molar-refractivity contribution in [2.75, 3.05) is 0 Å². The van der Waals surface area contributed by atoms with E-state index in [0.29, 0.717) is 17.2 Å². The van der Waals surface area contributed by atoms with Crippen molar-refractivity contribution >= 4 is 39.1 Å². The Morgan fingerprint density at radius 1 is 1.17 bits per heavy atom. The number of aromatic nitrogens is 6. The number of allylic oxidation sites excluding steroid dienone is 5. The number of nitrogens with one attached hydrogen (secondary N) is 3. The number of hydrogen-bond acceptors (Lipinski definition) is 6. The van der Waals surface area contributed by atoms with E-state index in [4.69, 9.17) is 9.97 Å².